The van der Waals surface area contributed by atoms with Crippen molar-refractivity contribution in [1.29, 1.82) is 0 Å². The number of carbonyl (C=O) groups is 1. The van der Waals surface area contributed by atoms with Gasteiger partial charge in [-0.1, -0.05) is 36.4 Å². The van der Waals surface area contributed by atoms with Crippen LogP contribution in [0.5, 0.6) is 5.75 Å². The van der Waals surface area contributed by atoms with E-state index in [1.165, 1.54) is 0 Å². The van der Waals surface area contributed by atoms with Crippen molar-refractivity contribution in [1.82, 2.24) is 9.55 Å². The molecule has 156 valence electrons. The van der Waals surface area contributed by atoms with Gasteiger partial charge in [0.1, 0.15) is 12.4 Å². The van der Waals surface area contributed by atoms with E-state index >= 15 is 0 Å². The van der Waals surface area contributed by atoms with Crippen LogP contribution in [-0.4, -0.2) is 15.5 Å². The van der Waals surface area contributed by atoms with Crippen molar-refractivity contribution in [2.45, 2.75) is 20.5 Å². The maximum absolute atomic E-state index is 12.8. The molecule has 31 heavy (non-hydrogen) atoms. The highest BCUT2D eigenvalue weighted by Gasteiger charge is 2.12. The topological polar surface area (TPSA) is 76.1 Å². The van der Waals surface area contributed by atoms with E-state index in [1.807, 2.05) is 62.4 Å². The predicted molar refractivity (Wildman–Crippen MR) is 121 cm³/mol. The number of imidazole rings is 1. The number of anilines is 1. The van der Waals surface area contributed by atoms with Crippen LogP contribution in [0.3, 0.4) is 0 Å². The SMILES string of the molecule is Cc1ccc(NC(=O)c2ccc(-n3c(C)c[nH]c3=O)cc2)c(OCc2ccccc2)c1. The fourth-order valence-corrected chi connectivity index (χ4v) is 3.32. The Balaban J connectivity index is 1.51. The van der Waals surface area contributed by atoms with Crippen LogP contribution in [0, 0.1) is 13.8 Å². The summed E-state index contributed by atoms with van der Waals surface area (Å²) < 4.78 is 7.53. The van der Waals surface area contributed by atoms with Gasteiger partial charge in [0.25, 0.3) is 5.91 Å². The number of ether oxygens (including phenoxy) is 1. The predicted octanol–water partition coefficient (Wildman–Crippen LogP) is 4.61. The van der Waals surface area contributed by atoms with Crippen molar-refractivity contribution >= 4 is 11.6 Å². The molecule has 0 radical (unpaired) electrons. The van der Waals surface area contributed by atoms with E-state index in [2.05, 4.69) is 10.3 Å². The molecule has 2 N–H and O–H groups in total. The van der Waals surface area contributed by atoms with Crippen LogP contribution in [0.15, 0.2) is 83.8 Å². The number of aromatic nitrogens is 2. The van der Waals surface area contributed by atoms with Crippen LogP contribution >= 0.6 is 0 Å². The zero-order chi connectivity index (χ0) is 21.8. The van der Waals surface area contributed by atoms with Gasteiger partial charge < -0.3 is 15.0 Å². The summed E-state index contributed by atoms with van der Waals surface area (Å²) >= 11 is 0. The Hall–Kier alpha value is -4.06. The number of hydrogen-bond donors (Lipinski definition) is 2. The van der Waals surface area contributed by atoms with Gasteiger partial charge in [-0.05, 0) is 61.4 Å². The van der Waals surface area contributed by atoms with E-state index in [1.54, 1.807) is 35.0 Å². The minimum absolute atomic E-state index is 0.213. The van der Waals surface area contributed by atoms with Gasteiger partial charge in [0.2, 0.25) is 0 Å². The molecule has 0 atom stereocenters. The van der Waals surface area contributed by atoms with Gasteiger partial charge in [-0.15, -0.1) is 0 Å². The molecule has 4 aromatic rings. The van der Waals surface area contributed by atoms with Crippen LogP contribution in [-0.2, 0) is 6.61 Å². The lowest BCUT2D eigenvalue weighted by Crippen LogP contribution is -2.16. The molecular weight excluding hydrogens is 390 g/mol. The molecular formula is C25H23N3O3. The second kappa shape index (κ2) is 8.75. The van der Waals surface area contributed by atoms with Crippen molar-refractivity contribution in [3.8, 4) is 11.4 Å². The number of aromatic amines is 1. The number of nitrogens with one attached hydrogen (secondary N) is 2. The first-order chi connectivity index (χ1) is 15.0. The van der Waals surface area contributed by atoms with Gasteiger partial charge in [0.15, 0.2) is 0 Å². The Labute approximate surface area is 180 Å². The Kier molecular flexibility index (Phi) is 5.71. The van der Waals surface area contributed by atoms with Gasteiger partial charge in [0, 0.05) is 17.5 Å². The zero-order valence-corrected chi connectivity index (χ0v) is 17.4. The lowest BCUT2D eigenvalue weighted by Gasteiger charge is -2.14. The molecule has 0 spiro atoms. The van der Waals surface area contributed by atoms with Crippen LogP contribution in [0.25, 0.3) is 5.69 Å². The minimum Gasteiger partial charge on any atom is -0.487 e. The molecule has 6 heteroatoms. The van der Waals surface area contributed by atoms with Crippen LogP contribution in [0.2, 0.25) is 0 Å². The Morgan fingerprint density at radius 1 is 1.00 bits per heavy atom. The summed E-state index contributed by atoms with van der Waals surface area (Å²) in [6.45, 7) is 4.23. The molecule has 0 aliphatic carbocycles. The molecule has 0 saturated carbocycles. The molecule has 4 rings (SSSR count). The maximum Gasteiger partial charge on any atom is 0.330 e. The van der Waals surface area contributed by atoms with Crippen LogP contribution in [0.1, 0.15) is 27.2 Å². The normalized spacial score (nSPS) is 10.6. The van der Waals surface area contributed by atoms with Gasteiger partial charge in [-0.3, -0.25) is 9.36 Å². The summed E-state index contributed by atoms with van der Waals surface area (Å²) in [7, 11) is 0. The number of hydrogen-bond acceptors (Lipinski definition) is 3. The fourth-order valence-electron chi connectivity index (χ4n) is 3.32. The third-order valence-corrected chi connectivity index (χ3v) is 4.97. The molecule has 1 amide bonds. The summed E-state index contributed by atoms with van der Waals surface area (Å²) in [6.07, 6.45) is 1.65. The van der Waals surface area contributed by atoms with Crippen molar-refractivity contribution in [2.24, 2.45) is 0 Å². The molecule has 6 nitrogen and oxygen atoms in total. The third kappa shape index (κ3) is 4.59. The van der Waals surface area contributed by atoms with E-state index in [0.29, 0.717) is 29.3 Å². The van der Waals surface area contributed by atoms with E-state index in [4.69, 9.17) is 4.74 Å². The quantitative estimate of drug-likeness (QED) is 0.485. The number of nitrogens with zero attached hydrogens (tertiary/aromatic N) is 1. The van der Waals surface area contributed by atoms with Crippen molar-refractivity contribution in [2.75, 3.05) is 5.32 Å². The second-order valence-corrected chi connectivity index (χ2v) is 7.35. The number of benzene rings is 3. The van der Waals surface area contributed by atoms with Crippen LogP contribution in [0.4, 0.5) is 5.69 Å². The minimum atomic E-state index is -0.252. The van der Waals surface area contributed by atoms with Gasteiger partial charge in [0.05, 0.1) is 11.4 Å². The first kappa shape index (κ1) is 20.2. The smallest absolute Gasteiger partial charge is 0.330 e. The lowest BCUT2D eigenvalue weighted by atomic mass is 10.1. The highest BCUT2D eigenvalue weighted by atomic mass is 16.5. The van der Waals surface area contributed by atoms with Crippen molar-refractivity contribution < 1.29 is 9.53 Å². The van der Waals surface area contributed by atoms with E-state index in [9.17, 15) is 9.59 Å². The highest BCUT2D eigenvalue weighted by molar-refractivity contribution is 6.05. The van der Waals surface area contributed by atoms with Gasteiger partial charge in [-0.25, -0.2) is 4.79 Å². The molecule has 0 fully saturated rings. The molecule has 0 saturated heterocycles. The largest absolute Gasteiger partial charge is 0.487 e. The standard InChI is InChI=1S/C25H23N3O3/c1-17-8-13-22(23(14-17)31-16-19-6-4-3-5-7-19)27-24(29)20-9-11-21(12-10-20)28-18(2)15-26-25(28)30/h3-15H,16H2,1-2H3,(H,26,30)(H,27,29). The molecule has 0 bridgehead atoms. The molecule has 1 heterocycles. The maximum atomic E-state index is 12.8. The van der Waals surface area contributed by atoms with Crippen LogP contribution < -0.4 is 15.7 Å². The zero-order valence-electron chi connectivity index (χ0n) is 17.4. The molecule has 1 aromatic heterocycles. The lowest BCUT2D eigenvalue weighted by molar-refractivity contribution is 0.102. The molecule has 0 aliphatic heterocycles. The fraction of sp³-hybridized carbons (Fsp3) is 0.120. The molecule has 0 unspecified atom stereocenters. The number of H-pyrrole nitrogens is 1. The van der Waals surface area contributed by atoms with E-state index in [-0.39, 0.29) is 11.6 Å². The first-order valence-corrected chi connectivity index (χ1v) is 9.97. The Bertz CT molecular complexity index is 1260. The monoisotopic (exact) mass is 413 g/mol. The first-order valence-electron chi connectivity index (χ1n) is 9.97. The van der Waals surface area contributed by atoms with Crippen molar-refractivity contribution in [3.05, 3.63) is 112 Å². The molecule has 3 aromatic carbocycles. The Morgan fingerprint density at radius 2 is 1.74 bits per heavy atom. The number of carbonyl (C=O) groups excluding carboxylic acids is 1. The summed E-state index contributed by atoms with van der Waals surface area (Å²) in [6, 6.07) is 22.4. The summed E-state index contributed by atoms with van der Waals surface area (Å²) in [5, 5.41) is 2.93. The average molecular weight is 413 g/mol. The van der Waals surface area contributed by atoms with Crippen molar-refractivity contribution in [3.63, 3.8) is 0 Å². The number of rotatable bonds is 6. The van der Waals surface area contributed by atoms with Gasteiger partial charge in [-0.2, -0.15) is 0 Å². The summed E-state index contributed by atoms with van der Waals surface area (Å²) in [5.74, 6) is 0.362. The van der Waals surface area contributed by atoms with Gasteiger partial charge >= 0.3 is 5.69 Å². The summed E-state index contributed by atoms with van der Waals surface area (Å²) in [5.41, 5.74) is 4.46. The summed E-state index contributed by atoms with van der Waals surface area (Å²) in [4.78, 5) is 27.4. The molecule has 0 aliphatic rings. The van der Waals surface area contributed by atoms with E-state index < -0.39 is 0 Å². The number of aryl methyl sites for hydroxylation is 2. The van der Waals surface area contributed by atoms with E-state index in [0.717, 1.165) is 16.8 Å². The average Bonchev–Trinajstić information content (AvgIpc) is 3.12. The highest BCUT2D eigenvalue weighted by Crippen LogP contribution is 2.27. The number of amides is 1. The third-order valence-electron chi connectivity index (χ3n) is 4.97. The Morgan fingerprint density at radius 3 is 2.42 bits per heavy atom. The second-order valence-electron chi connectivity index (χ2n) is 7.35.